The molecule has 0 aliphatic heterocycles. The van der Waals surface area contributed by atoms with E-state index in [2.05, 4.69) is 0 Å². The molecule has 2 heteroatoms. The Hall–Kier alpha value is -0.0800. The van der Waals surface area contributed by atoms with Crippen LogP contribution in [0.2, 0.25) is 0 Å². The predicted molar refractivity (Wildman–Crippen MR) is 46.7 cm³/mol. The number of aliphatic hydroxyl groups is 2. The van der Waals surface area contributed by atoms with E-state index in [9.17, 15) is 10.2 Å². The van der Waals surface area contributed by atoms with Crippen LogP contribution in [0.1, 0.15) is 38.5 Å². The van der Waals surface area contributed by atoms with Gasteiger partial charge in [-0.25, -0.2) is 0 Å². The number of rotatable bonds is 0. The summed E-state index contributed by atoms with van der Waals surface area (Å²) in [6.07, 6.45) is 5.99. The quantitative estimate of drug-likeness (QED) is 0.575. The van der Waals surface area contributed by atoms with Crippen LogP contribution in [0.15, 0.2) is 0 Å². The molecule has 0 aromatic carbocycles. The van der Waals surface area contributed by atoms with Gasteiger partial charge < -0.3 is 10.2 Å². The van der Waals surface area contributed by atoms with Gasteiger partial charge in [-0.05, 0) is 24.7 Å². The van der Waals surface area contributed by atoms with Gasteiger partial charge in [0.1, 0.15) is 0 Å². The maximum Gasteiger partial charge on any atom is 0.0802 e. The minimum absolute atomic E-state index is 0.440. The number of aliphatic hydroxyl groups excluding tert-OH is 2. The van der Waals surface area contributed by atoms with Crippen molar-refractivity contribution >= 4 is 0 Å². The summed E-state index contributed by atoms with van der Waals surface area (Å²) >= 11 is 0. The lowest BCUT2D eigenvalue weighted by atomic mass is 9.69. The summed E-state index contributed by atoms with van der Waals surface area (Å²) < 4.78 is 0. The molecule has 0 unspecified atom stereocenters. The molecular formula is C10H18O2. The molecule has 0 bridgehead atoms. The van der Waals surface area contributed by atoms with Gasteiger partial charge in [-0.2, -0.15) is 0 Å². The minimum atomic E-state index is -0.440. The van der Waals surface area contributed by atoms with Crippen LogP contribution in [0.3, 0.4) is 0 Å². The van der Waals surface area contributed by atoms with E-state index in [4.69, 9.17) is 0 Å². The van der Waals surface area contributed by atoms with Crippen molar-refractivity contribution < 1.29 is 10.2 Å². The molecule has 2 N–H and O–H groups in total. The van der Waals surface area contributed by atoms with E-state index >= 15 is 0 Å². The second-order valence-corrected chi connectivity index (χ2v) is 4.41. The molecule has 2 nitrogen and oxygen atoms in total. The van der Waals surface area contributed by atoms with Crippen molar-refractivity contribution in [2.45, 2.75) is 50.7 Å². The fourth-order valence-corrected chi connectivity index (χ4v) is 2.84. The van der Waals surface area contributed by atoms with Crippen molar-refractivity contribution in [1.82, 2.24) is 0 Å². The number of hydrogen-bond donors (Lipinski definition) is 2. The summed E-state index contributed by atoms with van der Waals surface area (Å²) in [4.78, 5) is 0. The van der Waals surface area contributed by atoms with Crippen LogP contribution in [-0.4, -0.2) is 22.4 Å². The van der Waals surface area contributed by atoms with Gasteiger partial charge in [-0.1, -0.05) is 25.7 Å². The first-order valence-corrected chi connectivity index (χ1v) is 5.13. The summed E-state index contributed by atoms with van der Waals surface area (Å²) in [6.45, 7) is 0. The number of hydrogen-bond acceptors (Lipinski definition) is 2. The van der Waals surface area contributed by atoms with Crippen LogP contribution in [0, 0.1) is 11.8 Å². The van der Waals surface area contributed by atoms with E-state index in [0.717, 1.165) is 12.8 Å². The zero-order valence-corrected chi connectivity index (χ0v) is 7.45. The van der Waals surface area contributed by atoms with Crippen LogP contribution in [0.4, 0.5) is 0 Å². The summed E-state index contributed by atoms with van der Waals surface area (Å²) in [5.41, 5.74) is 0. The smallest absolute Gasteiger partial charge is 0.0802 e. The highest BCUT2D eigenvalue weighted by molar-refractivity contribution is 4.87. The van der Waals surface area contributed by atoms with Gasteiger partial charge in [-0.3, -0.25) is 0 Å². The first-order chi connectivity index (χ1) is 5.77. The Morgan fingerprint density at radius 1 is 0.750 bits per heavy atom. The average Bonchev–Trinajstić information content (AvgIpc) is 2.07. The molecule has 0 spiro atoms. The Bertz CT molecular complexity index is 140. The first kappa shape index (κ1) is 8.52. The standard InChI is InChI=1S/C10H18O2/c11-9-5-7-3-1-2-4-8(7)6-10(9)12/h7-12H,1-6H2/t7-,8+,9+,10-. The van der Waals surface area contributed by atoms with Gasteiger partial charge in [-0.15, -0.1) is 0 Å². The van der Waals surface area contributed by atoms with Crippen molar-refractivity contribution in [1.29, 1.82) is 0 Å². The molecule has 70 valence electrons. The molecule has 4 atom stereocenters. The Labute approximate surface area is 73.6 Å². The zero-order chi connectivity index (χ0) is 8.55. The molecule has 2 saturated carbocycles. The van der Waals surface area contributed by atoms with E-state index in [0.29, 0.717) is 11.8 Å². The molecule has 0 aromatic heterocycles. The van der Waals surface area contributed by atoms with Crippen molar-refractivity contribution in [3.63, 3.8) is 0 Å². The topological polar surface area (TPSA) is 40.5 Å². The lowest BCUT2D eigenvalue weighted by Crippen LogP contribution is -2.40. The highest BCUT2D eigenvalue weighted by Gasteiger charge is 2.36. The van der Waals surface area contributed by atoms with Gasteiger partial charge in [0.2, 0.25) is 0 Å². The lowest BCUT2D eigenvalue weighted by Gasteiger charge is -2.40. The maximum atomic E-state index is 9.47. The fraction of sp³-hybridized carbons (Fsp3) is 1.00. The largest absolute Gasteiger partial charge is 0.390 e. The van der Waals surface area contributed by atoms with Crippen LogP contribution in [0.25, 0.3) is 0 Å². The lowest BCUT2D eigenvalue weighted by molar-refractivity contribution is -0.0566. The minimum Gasteiger partial charge on any atom is -0.390 e. The average molecular weight is 170 g/mol. The van der Waals surface area contributed by atoms with Crippen molar-refractivity contribution in [2.24, 2.45) is 11.8 Å². The molecule has 2 aliphatic carbocycles. The molecule has 0 heterocycles. The molecule has 12 heavy (non-hydrogen) atoms. The second kappa shape index (κ2) is 3.35. The van der Waals surface area contributed by atoms with Crippen molar-refractivity contribution in [2.75, 3.05) is 0 Å². The molecule has 2 rings (SSSR count). The highest BCUT2D eigenvalue weighted by atomic mass is 16.3. The van der Waals surface area contributed by atoms with Crippen molar-refractivity contribution in [3.05, 3.63) is 0 Å². The van der Waals surface area contributed by atoms with Gasteiger partial charge in [0.15, 0.2) is 0 Å². The van der Waals surface area contributed by atoms with Gasteiger partial charge in [0, 0.05) is 0 Å². The Morgan fingerprint density at radius 2 is 1.17 bits per heavy atom. The molecule has 0 aromatic rings. The molecule has 2 fully saturated rings. The van der Waals surface area contributed by atoms with Gasteiger partial charge >= 0.3 is 0 Å². The fourth-order valence-electron chi connectivity index (χ4n) is 2.84. The molecule has 2 aliphatic rings. The van der Waals surface area contributed by atoms with Crippen molar-refractivity contribution in [3.8, 4) is 0 Å². The summed E-state index contributed by atoms with van der Waals surface area (Å²) in [7, 11) is 0. The zero-order valence-electron chi connectivity index (χ0n) is 7.45. The normalized spacial score (nSPS) is 48.5. The van der Waals surface area contributed by atoms with E-state index < -0.39 is 12.2 Å². The molecule has 0 saturated heterocycles. The second-order valence-electron chi connectivity index (χ2n) is 4.41. The third-order valence-corrected chi connectivity index (χ3v) is 3.60. The van der Waals surface area contributed by atoms with Gasteiger partial charge in [0.25, 0.3) is 0 Å². The maximum absolute atomic E-state index is 9.47. The SMILES string of the molecule is O[C@@H]1C[C@@H]2CCCC[C@@H]2C[C@@H]1O. The Kier molecular flexibility index (Phi) is 2.37. The molecular weight excluding hydrogens is 152 g/mol. The summed E-state index contributed by atoms with van der Waals surface area (Å²) in [5.74, 6) is 1.41. The van der Waals surface area contributed by atoms with Crippen LogP contribution in [-0.2, 0) is 0 Å². The third kappa shape index (κ3) is 1.50. The Balaban J connectivity index is 1.98. The van der Waals surface area contributed by atoms with E-state index in [1.165, 1.54) is 25.7 Å². The highest BCUT2D eigenvalue weighted by Crippen LogP contribution is 2.40. The predicted octanol–water partition coefficient (Wildman–Crippen LogP) is 1.31. The Morgan fingerprint density at radius 3 is 1.58 bits per heavy atom. The van der Waals surface area contributed by atoms with E-state index in [1.54, 1.807) is 0 Å². The molecule has 0 amide bonds. The van der Waals surface area contributed by atoms with E-state index in [-0.39, 0.29) is 0 Å². The summed E-state index contributed by atoms with van der Waals surface area (Å²) in [5, 5.41) is 18.9. The van der Waals surface area contributed by atoms with E-state index in [1.807, 2.05) is 0 Å². The third-order valence-electron chi connectivity index (χ3n) is 3.60. The number of fused-ring (bicyclic) bond motifs is 1. The first-order valence-electron chi connectivity index (χ1n) is 5.13. The molecule has 0 radical (unpaired) electrons. The van der Waals surface area contributed by atoms with Crippen LogP contribution < -0.4 is 0 Å². The van der Waals surface area contributed by atoms with Crippen LogP contribution >= 0.6 is 0 Å². The van der Waals surface area contributed by atoms with Gasteiger partial charge in [0.05, 0.1) is 12.2 Å². The van der Waals surface area contributed by atoms with Crippen LogP contribution in [0.5, 0.6) is 0 Å². The monoisotopic (exact) mass is 170 g/mol. The summed E-state index contributed by atoms with van der Waals surface area (Å²) in [6, 6.07) is 0.